The van der Waals surface area contributed by atoms with Crippen LogP contribution in [0, 0.1) is 0 Å². The Morgan fingerprint density at radius 1 is 1.08 bits per heavy atom. The number of carbonyl (C=O) groups is 2. The second kappa shape index (κ2) is 9.20. The summed E-state index contributed by atoms with van der Waals surface area (Å²) < 4.78 is 0. The van der Waals surface area contributed by atoms with Gasteiger partial charge in [-0.25, -0.2) is 0 Å². The number of carbonyl (C=O) groups excluding carboxylic acids is 2. The molecule has 4 heterocycles. The Labute approximate surface area is 227 Å². The molecule has 4 aromatic rings. The van der Waals surface area contributed by atoms with E-state index in [0.717, 1.165) is 77.4 Å². The molecule has 7 nitrogen and oxygen atoms in total. The van der Waals surface area contributed by atoms with Gasteiger partial charge < -0.3 is 20.5 Å². The molecule has 3 aliphatic rings. The Morgan fingerprint density at radius 3 is 2.74 bits per heavy atom. The molecule has 2 aromatic heterocycles. The van der Waals surface area contributed by atoms with Crippen LogP contribution in [0.25, 0.3) is 22.5 Å². The lowest BCUT2D eigenvalue weighted by Crippen LogP contribution is -2.66. The minimum atomic E-state index is -0.115. The third-order valence-corrected chi connectivity index (χ3v) is 8.56. The second-order valence-electron chi connectivity index (χ2n) is 11.0. The Balaban J connectivity index is 1.21. The van der Waals surface area contributed by atoms with E-state index >= 15 is 0 Å². The van der Waals surface area contributed by atoms with Crippen LogP contribution in [0.1, 0.15) is 50.0 Å². The minimum absolute atomic E-state index is 0.0337. The number of aromatic amines is 1. The molecule has 0 saturated carbocycles. The van der Waals surface area contributed by atoms with E-state index in [-0.39, 0.29) is 17.2 Å². The van der Waals surface area contributed by atoms with Crippen molar-refractivity contribution in [1.82, 2.24) is 25.5 Å². The van der Waals surface area contributed by atoms with Crippen molar-refractivity contribution in [3.8, 4) is 22.5 Å². The maximum absolute atomic E-state index is 13.0. The first kappa shape index (κ1) is 23.9. The van der Waals surface area contributed by atoms with Crippen LogP contribution in [-0.4, -0.2) is 52.9 Å². The van der Waals surface area contributed by atoms with Crippen LogP contribution in [0.15, 0.2) is 66.9 Å². The molecule has 2 aromatic carbocycles. The minimum Gasteiger partial charge on any atom is -0.357 e. The highest BCUT2D eigenvalue weighted by atomic mass is 16.2. The Morgan fingerprint density at radius 2 is 1.92 bits per heavy atom. The molecule has 3 N–H and O–H groups in total. The Bertz CT molecular complexity index is 1600. The Kier molecular flexibility index (Phi) is 5.63. The van der Waals surface area contributed by atoms with E-state index in [1.165, 1.54) is 5.56 Å². The third kappa shape index (κ3) is 3.96. The molecule has 39 heavy (non-hydrogen) atoms. The average molecular weight is 518 g/mol. The number of likely N-dealkylation sites (N-methyl/N-ethyl adjacent to an activating group) is 1. The van der Waals surface area contributed by atoms with E-state index in [0.29, 0.717) is 18.7 Å². The maximum Gasteiger partial charge on any atom is 0.253 e. The van der Waals surface area contributed by atoms with Crippen LogP contribution in [0.5, 0.6) is 0 Å². The van der Waals surface area contributed by atoms with Crippen molar-refractivity contribution in [3.63, 3.8) is 0 Å². The van der Waals surface area contributed by atoms with Gasteiger partial charge in [0, 0.05) is 54.8 Å². The third-order valence-electron chi connectivity index (χ3n) is 8.56. The molecule has 0 unspecified atom stereocenters. The quantitative estimate of drug-likeness (QED) is 0.372. The van der Waals surface area contributed by atoms with Gasteiger partial charge in [-0.1, -0.05) is 49.4 Å². The number of hydrogen-bond acceptors (Lipinski definition) is 4. The van der Waals surface area contributed by atoms with Crippen LogP contribution in [0.3, 0.4) is 0 Å². The van der Waals surface area contributed by atoms with Gasteiger partial charge >= 0.3 is 0 Å². The van der Waals surface area contributed by atoms with Gasteiger partial charge in [0.05, 0.1) is 22.4 Å². The van der Waals surface area contributed by atoms with Gasteiger partial charge in [0.2, 0.25) is 0 Å². The number of aryl methyl sites for hydroxylation is 1. The van der Waals surface area contributed by atoms with Crippen molar-refractivity contribution in [1.29, 1.82) is 0 Å². The summed E-state index contributed by atoms with van der Waals surface area (Å²) >= 11 is 0. The average Bonchev–Trinajstić information content (AvgIpc) is 3.37. The summed E-state index contributed by atoms with van der Waals surface area (Å²) in [5, 5.41) is 6.18. The number of amides is 2. The van der Waals surface area contributed by atoms with Crippen molar-refractivity contribution >= 4 is 11.8 Å². The summed E-state index contributed by atoms with van der Waals surface area (Å²) in [6, 6.07) is 19.6. The normalized spacial score (nSPS) is 17.0. The number of fused-ring (bicyclic) bond motifs is 6. The number of nitrogens with zero attached hydrogens (tertiary/aromatic N) is 2. The lowest BCUT2D eigenvalue weighted by Gasteiger charge is -2.51. The molecule has 0 bridgehead atoms. The molecule has 2 amide bonds. The lowest BCUT2D eigenvalue weighted by molar-refractivity contribution is 0.0555. The first-order chi connectivity index (χ1) is 19.0. The molecule has 1 spiro atoms. The Hall–Kier alpha value is -4.23. The van der Waals surface area contributed by atoms with Gasteiger partial charge in [-0.3, -0.25) is 14.6 Å². The SMILES string of the molecule is CCN1CC2(CNC(=O)c3c2[nH]c2c3CCc3cnc(-c4cccc(C(=O)NCc5ccccc5)c4)cc3-2)C1. The number of hydrogen-bond donors (Lipinski definition) is 3. The van der Waals surface area contributed by atoms with E-state index < -0.39 is 0 Å². The van der Waals surface area contributed by atoms with Crippen LogP contribution in [-0.2, 0) is 24.8 Å². The molecule has 7 rings (SSSR count). The van der Waals surface area contributed by atoms with Crippen molar-refractivity contribution in [2.45, 2.75) is 31.7 Å². The zero-order valence-electron chi connectivity index (χ0n) is 22.0. The fourth-order valence-electron chi connectivity index (χ4n) is 6.43. The van der Waals surface area contributed by atoms with Gasteiger partial charge in [0.15, 0.2) is 0 Å². The predicted octanol–water partition coefficient (Wildman–Crippen LogP) is 4.09. The molecule has 1 aliphatic carbocycles. The van der Waals surface area contributed by atoms with Crippen LogP contribution in [0.2, 0.25) is 0 Å². The monoisotopic (exact) mass is 517 g/mol. The molecule has 0 atom stereocenters. The standard InChI is InChI=1S/C32H31N5O2/c1-2-37-18-32(19-37)17-35-31(39)27-24-12-11-23-16-33-26(14-25(23)28(24)36-29(27)32)21-9-6-10-22(13-21)30(38)34-15-20-7-4-3-5-8-20/h3-10,13-14,16,36H,2,11-12,15,17-19H2,1H3,(H,34,38)(H,35,39). The lowest BCUT2D eigenvalue weighted by atomic mass is 9.72. The highest BCUT2D eigenvalue weighted by molar-refractivity contribution is 6.01. The van der Waals surface area contributed by atoms with Gasteiger partial charge in [-0.15, -0.1) is 0 Å². The number of rotatable bonds is 5. The molecule has 2 aliphatic heterocycles. The van der Waals surface area contributed by atoms with Gasteiger partial charge in [-0.2, -0.15) is 0 Å². The van der Waals surface area contributed by atoms with Crippen molar-refractivity contribution in [2.75, 3.05) is 26.2 Å². The topological polar surface area (TPSA) is 90.1 Å². The summed E-state index contributed by atoms with van der Waals surface area (Å²) in [7, 11) is 0. The van der Waals surface area contributed by atoms with Gasteiger partial charge in [-0.05, 0) is 54.3 Å². The van der Waals surface area contributed by atoms with Crippen LogP contribution in [0.4, 0.5) is 0 Å². The molecule has 0 radical (unpaired) electrons. The van der Waals surface area contributed by atoms with Crippen LogP contribution >= 0.6 is 0 Å². The van der Waals surface area contributed by atoms with Crippen LogP contribution < -0.4 is 10.6 Å². The smallest absolute Gasteiger partial charge is 0.253 e. The second-order valence-corrected chi connectivity index (χ2v) is 11.0. The van der Waals surface area contributed by atoms with E-state index in [1.807, 2.05) is 60.8 Å². The molecule has 7 heteroatoms. The van der Waals surface area contributed by atoms with Gasteiger partial charge in [0.1, 0.15) is 0 Å². The zero-order valence-corrected chi connectivity index (χ0v) is 22.0. The molecule has 1 saturated heterocycles. The number of nitrogens with one attached hydrogen (secondary N) is 3. The fourth-order valence-corrected chi connectivity index (χ4v) is 6.43. The highest BCUT2D eigenvalue weighted by Crippen LogP contribution is 2.45. The fraction of sp³-hybridized carbons (Fsp3) is 0.281. The number of likely N-dealkylation sites (tertiary alicyclic amines) is 1. The molecular formula is C32H31N5O2. The summed E-state index contributed by atoms with van der Waals surface area (Å²) in [6.45, 7) is 6.29. The number of pyridine rings is 1. The summed E-state index contributed by atoms with van der Waals surface area (Å²) in [4.78, 5) is 36.9. The number of aromatic nitrogens is 2. The largest absolute Gasteiger partial charge is 0.357 e. The summed E-state index contributed by atoms with van der Waals surface area (Å²) in [5.41, 5.74) is 9.73. The first-order valence-corrected chi connectivity index (χ1v) is 13.7. The van der Waals surface area contributed by atoms with Crippen molar-refractivity contribution < 1.29 is 9.59 Å². The van der Waals surface area contributed by atoms with Crippen molar-refractivity contribution in [2.24, 2.45) is 0 Å². The van der Waals surface area contributed by atoms with E-state index in [9.17, 15) is 9.59 Å². The van der Waals surface area contributed by atoms with Gasteiger partial charge in [0.25, 0.3) is 11.8 Å². The molecular weight excluding hydrogens is 486 g/mol. The number of H-pyrrole nitrogens is 1. The number of benzene rings is 2. The summed E-state index contributed by atoms with van der Waals surface area (Å²) in [6.07, 6.45) is 3.63. The van der Waals surface area contributed by atoms with Crippen molar-refractivity contribution in [3.05, 3.63) is 100 Å². The zero-order chi connectivity index (χ0) is 26.6. The predicted molar refractivity (Wildman–Crippen MR) is 151 cm³/mol. The summed E-state index contributed by atoms with van der Waals surface area (Å²) in [5.74, 6) is -0.0778. The van der Waals surface area contributed by atoms with E-state index in [1.54, 1.807) is 0 Å². The molecule has 196 valence electrons. The van der Waals surface area contributed by atoms with E-state index in [4.69, 9.17) is 4.98 Å². The maximum atomic E-state index is 13.0. The highest BCUT2D eigenvalue weighted by Gasteiger charge is 2.50. The molecule has 1 fully saturated rings. The van der Waals surface area contributed by atoms with E-state index in [2.05, 4.69) is 33.5 Å². The first-order valence-electron chi connectivity index (χ1n) is 13.7.